The summed E-state index contributed by atoms with van der Waals surface area (Å²) in [6.07, 6.45) is 2.48. The van der Waals surface area contributed by atoms with Gasteiger partial charge in [-0.15, -0.1) is 0 Å². The predicted octanol–water partition coefficient (Wildman–Crippen LogP) is 5.09. The Morgan fingerprint density at radius 3 is 2.50 bits per heavy atom. The molecule has 1 saturated heterocycles. The van der Waals surface area contributed by atoms with Gasteiger partial charge in [-0.3, -0.25) is 0 Å². The fraction of sp³-hybridized carbons (Fsp3) is 0.304. The zero-order chi connectivity index (χ0) is 19.3. The first-order valence-electron chi connectivity index (χ1n) is 9.81. The number of anilines is 3. The smallest absolute Gasteiger partial charge is 0.229 e. The molecule has 1 atom stereocenters. The molecule has 0 spiro atoms. The number of aromatic nitrogens is 2. The second kappa shape index (κ2) is 8.40. The Balaban J connectivity index is 1.62. The standard InChI is InChI=1S/C23H26N4O/c1-16-11-17(2)13-19(12-16)25-23-26-21(18-7-4-3-5-8-18)14-22(27-23)24-15-20-9-6-10-28-20/h3-5,7-8,11-14,20H,6,9-10,15H2,1-2H3,(H2,24,25,26,27). The van der Waals surface area contributed by atoms with Crippen molar-refractivity contribution >= 4 is 17.5 Å². The molecule has 3 aromatic rings. The van der Waals surface area contributed by atoms with Crippen LogP contribution in [0.5, 0.6) is 0 Å². The van der Waals surface area contributed by atoms with Crippen molar-refractivity contribution in [2.24, 2.45) is 0 Å². The van der Waals surface area contributed by atoms with Crippen LogP contribution in [0.15, 0.2) is 54.6 Å². The molecule has 1 aromatic heterocycles. The minimum Gasteiger partial charge on any atom is -0.376 e. The maximum atomic E-state index is 5.72. The third-order valence-electron chi connectivity index (χ3n) is 4.81. The van der Waals surface area contributed by atoms with Gasteiger partial charge in [0.2, 0.25) is 5.95 Å². The number of nitrogens with zero attached hydrogens (tertiary/aromatic N) is 2. The molecular weight excluding hydrogens is 348 g/mol. The molecule has 28 heavy (non-hydrogen) atoms. The van der Waals surface area contributed by atoms with Crippen molar-refractivity contribution in [2.45, 2.75) is 32.8 Å². The van der Waals surface area contributed by atoms with Crippen LogP contribution in [-0.4, -0.2) is 29.2 Å². The van der Waals surface area contributed by atoms with Crippen LogP contribution >= 0.6 is 0 Å². The van der Waals surface area contributed by atoms with E-state index in [0.717, 1.165) is 48.8 Å². The molecule has 0 radical (unpaired) electrons. The van der Waals surface area contributed by atoms with Crippen molar-refractivity contribution in [3.05, 3.63) is 65.7 Å². The molecule has 2 N–H and O–H groups in total. The molecule has 0 bridgehead atoms. The first kappa shape index (κ1) is 18.4. The van der Waals surface area contributed by atoms with Gasteiger partial charge < -0.3 is 15.4 Å². The summed E-state index contributed by atoms with van der Waals surface area (Å²) in [6, 6.07) is 18.5. The number of hydrogen-bond acceptors (Lipinski definition) is 5. The lowest BCUT2D eigenvalue weighted by Crippen LogP contribution is -2.19. The van der Waals surface area contributed by atoms with E-state index in [9.17, 15) is 0 Å². The van der Waals surface area contributed by atoms with Gasteiger partial charge in [-0.25, -0.2) is 4.98 Å². The highest BCUT2D eigenvalue weighted by Gasteiger charge is 2.16. The average Bonchev–Trinajstić information content (AvgIpc) is 3.20. The first-order chi connectivity index (χ1) is 13.7. The van der Waals surface area contributed by atoms with E-state index < -0.39 is 0 Å². The molecule has 2 aromatic carbocycles. The second-order valence-corrected chi connectivity index (χ2v) is 7.35. The quantitative estimate of drug-likeness (QED) is 0.629. The van der Waals surface area contributed by atoms with E-state index in [1.54, 1.807) is 0 Å². The number of ether oxygens (including phenoxy) is 1. The second-order valence-electron chi connectivity index (χ2n) is 7.35. The minimum atomic E-state index is 0.256. The van der Waals surface area contributed by atoms with Crippen molar-refractivity contribution in [1.82, 2.24) is 9.97 Å². The lowest BCUT2D eigenvalue weighted by atomic mass is 10.1. The van der Waals surface area contributed by atoms with Crippen molar-refractivity contribution in [1.29, 1.82) is 0 Å². The van der Waals surface area contributed by atoms with Gasteiger partial charge in [0.1, 0.15) is 5.82 Å². The first-order valence-corrected chi connectivity index (χ1v) is 9.81. The van der Waals surface area contributed by atoms with Gasteiger partial charge in [0.15, 0.2) is 0 Å². The molecule has 0 amide bonds. The number of rotatable bonds is 6. The molecule has 5 heteroatoms. The molecule has 144 valence electrons. The van der Waals surface area contributed by atoms with Crippen LogP contribution in [0.4, 0.5) is 17.5 Å². The fourth-order valence-corrected chi connectivity index (χ4v) is 3.55. The SMILES string of the molecule is Cc1cc(C)cc(Nc2nc(NCC3CCCO3)cc(-c3ccccc3)n2)c1. The molecule has 0 aliphatic carbocycles. The van der Waals surface area contributed by atoms with Crippen LogP contribution in [0.2, 0.25) is 0 Å². The van der Waals surface area contributed by atoms with Gasteiger partial charge in [-0.1, -0.05) is 36.4 Å². The molecule has 1 fully saturated rings. The van der Waals surface area contributed by atoms with Crippen LogP contribution in [-0.2, 0) is 4.74 Å². The van der Waals surface area contributed by atoms with Gasteiger partial charge in [0.25, 0.3) is 0 Å². The fourth-order valence-electron chi connectivity index (χ4n) is 3.55. The summed E-state index contributed by atoms with van der Waals surface area (Å²) >= 11 is 0. The Hall–Kier alpha value is -2.92. The van der Waals surface area contributed by atoms with Crippen LogP contribution in [0.1, 0.15) is 24.0 Å². The number of hydrogen-bond donors (Lipinski definition) is 2. The lowest BCUT2D eigenvalue weighted by Gasteiger charge is -2.14. The van der Waals surface area contributed by atoms with Gasteiger partial charge in [-0.05, 0) is 49.9 Å². The highest BCUT2D eigenvalue weighted by Crippen LogP contribution is 2.24. The lowest BCUT2D eigenvalue weighted by molar-refractivity contribution is 0.120. The third kappa shape index (κ3) is 4.67. The minimum absolute atomic E-state index is 0.256. The van der Waals surface area contributed by atoms with E-state index in [2.05, 4.69) is 59.8 Å². The Morgan fingerprint density at radius 2 is 1.79 bits per heavy atom. The summed E-state index contributed by atoms with van der Waals surface area (Å²) in [4.78, 5) is 9.43. The van der Waals surface area contributed by atoms with E-state index in [0.29, 0.717) is 5.95 Å². The number of aryl methyl sites for hydroxylation is 2. The molecule has 5 nitrogen and oxygen atoms in total. The molecule has 1 aliphatic rings. The summed E-state index contributed by atoms with van der Waals surface area (Å²) in [5.41, 5.74) is 5.36. The maximum absolute atomic E-state index is 5.72. The van der Waals surface area contributed by atoms with Crippen molar-refractivity contribution in [3.63, 3.8) is 0 Å². The molecular formula is C23H26N4O. The van der Waals surface area contributed by atoms with Gasteiger partial charge in [0, 0.05) is 30.5 Å². The van der Waals surface area contributed by atoms with E-state index >= 15 is 0 Å². The zero-order valence-electron chi connectivity index (χ0n) is 16.4. The molecule has 4 rings (SSSR count). The molecule has 1 aliphatic heterocycles. The van der Waals surface area contributed by atoms with Gasteiger partial charge >= 0.3 is 0 Å². The van der Waals surface area contributed by atoms with Crippen LogP contribution in [0.3, 0.4) is 0 Å². The highest BCUT2D eigenvalue weighted by molar-refractivity contribution is 5.66. The van der Waals surface area contributed by atoms with Crippen molar-refractivity contribution in [3.8, 4) is 11.3 Å². The average molecular weight is 374 g/mol. The number of nitrogens with one attached hydrogen (secondary N) is 2. The third-order valence-corrected chi connectivity index (χ3v) is 4.81. The van der Waals surface area contributed by atoms with Crippen molar-refractivity contribution < 1.29 is 4.74 Å². The normalized spacial score (nSPS) is 16.1. The molecule has 1 unspecified atom stereocenters. The Labute approximate surface area is 166 Å². The van der Waals surface area contributed by atoms with Crippen LogP contribution < -0.4 is 10.6 Å². The van der Waals surface area contributed by atoms with Crippen molar-refractivity contribution in [2.75, 3.05) is 23.8 Å². The van der Waals surface area contributed by atoms with Gasteiger partial charge in [0.05, 0.1) is 11.8 Å². The van der Waals surface area contributed by atoms with E-state index in [1.165, 1.54) is 11.1 Å². The van der Waals surface area contributed by atoms with Gasteiger partial charge in [-0.2, -0.15) is 4.98 Å². The monoisotopic (exact) mass is 374 g/mol. The summed E-state index contributed by atoms with van der Waals surface area (Å²) in [6.45, 7) is 5.79. The predicted molar refractivity (Wildman–Crippen MR) is 114 cm³/mol. The topological polar surface area (TPSA) is 59.1 Å². The largest absolute Gasteiger partial charge is 0.376 e. The van der Waals surface area contributed by atoms with E-state index in [4.69, 9.17) is 9.72 Å². The number of benzene rings is 2. The Bertz CT molecular complexity index is 916. The molecule has 0 saturated carbocycles. The Kier molecular flexibility index (Phi) is 5.53. The summed E-state index contributed by atoms with van der Waals surface area (Å²) in [7, 11) is 0. The molecule has 2 heterocycles. The summed E-state index contributed by atoms with van der Waals surface area (Å²) < 4.78 is 5.72. The zero-order valence-corrected chi connectivity index (χ0v) is 16.4. The van der Waals surface area contributed by atoms with Crippen LogP contribution in [0, 0.1) is 13.8 Å². The van der Waals surface area contributed by atoms with Crippen LogP contribution in [0.25, 0.3) is 11.3 Å². The van der Waals surface area contributed by atoms with E-state index in [-0.39, 0.29) is 6.10 Å². The van der Waals surface area contributed by atoms with E-state index in [1.807, 2.05) is 24.3 Å². The summed E-state index contributed by atoms with van der Waals surface area (Å²) in [5.74, 6) is 1.39. The maximum Gasteiger partial charge on any atom is 0.229 e. The summed E-state index contributed by atoms with van der Waals surface area (Å²) in [5, 5.41) is 6.80. The highest BCUT2D eigenvalue weighted by atomic mass is 16.5. The Morgan fingerprint density at radius 1 is 1.00 bits per heavy atom.